The van der Waals surface area contributed by atoms with E-state index in [1.54, 1.807) is 19.1 Å². The highest BCUT2D eigenvalue weighted by molar-refractivity contribution is 5.23. The minimum atomic E-state index is -0.145. The number of rotatable bonds is 5. The first-order valence-electron chi connectivity index (χ1n) is 5.73. The minimum Gasteiger partial charge on any atom is -0.329 e. The van der Waals surface area contributed by atoms with Crippen molar-refractivity contribution in [2.24, 2.45) is 11.7 Å². The van der Waals surface area contributed by atoms with Crippen LogP contribution in [0.15, 0.2) is 18.2 Å². The summed E-state index contributed by atoms with van der Waals surface area (Å²) >= 11 is 0. The number of halogens is 1. The highest BCUT2D eigenvalue weighted by Gasteiger charge is 2.10. The lowest BCUT2D eigenvalue weighted by Gasteiger charge is -2.20. The SMILES string of the molecule is Cc1ccc(CNC(CN)C(C)C)cc1F. The fraction of sp³-hybridized carbons (Fsp3) is 0.538. The predicted molar refractivity (Wildman–Crippen MR) is 65.7 cm³/mol. The average Bonchev–Trinajstić information content (AvgIpc) is 2.23. The van der Waals surface area contributed by atoms with Gasteiger partial charge in [-0.25, -0.2) is 4.39 Å². The van der Waals surface area contributed by atoms with Crippen LogP contribution < -0.4 is 11.1 Å². The lowest BCUT2D eigenvalue weighted by atomic mass is 10.0. The molecule has 1 aromatic rings. The number of nitrogens with one attached hydrogen (secondary N) is 1. The summed E-state index contributed by atoms with van der Waals surface area (Å²) in [6, 6.07) is 5.61. The fourth-order valence-electron chi connectivity index (χ4n) is 1.59. The molecule has 0 aromatic heterocycles. The Kier molecular flexibility index (Phi) is 4.90. The van der Waals surface area contributed by atoms with Crippen molar-refractivity contribution in [2.45, 2.75) is 33.4 Å². The van der Waals surface area contributed by atoms with Gasteiger partial charge in [-0.3, -0.25) is 0 Å². The summed E-state index contributed by atoms with van der Waals surface area (Å²) in [5, 5.41) is 3.34. The Bertz CT molecular complexity index is 337. The van der Waals surface area contributed by atoms with Crippen LogP contribution in [0.25, 0.3) is 0 Å². The summed E-state index contributed by atoms with van der Waals surface area (Å²) in [5.74, 6) is 0.341. The third kappa shape index (κ3) is 3.58. The van der Waals surface area contributed by atoms with Crippen molar-refractivity contribution in [1.29, 1.82) is 0 Å². The van der Waals surface area contributed by atoms with E-state index in [-0.39, 0.29) is 11.9 Å². The zero-order chi connectivity index (χ0) is 12.1. The third-order valence-corrected chi connectivity index (χ3v) is 2.86. The van der Waals surface area contributed by atoms with E-state index >= 15 is 0 Å². The van der Waals surface area contributed by atoms with Crippen molar-refractivity contribution in [1.82, 2.24) is 5.32 Å². The predicted octanol–water partition coefficient (Wildman–Crippen LogP) is 2.21. The van der Waals surface area contributed by atoms with Gasteiger partial charge in [-0.05, 0) is 30.0 Å². The van der Waals surface area contributed by atoms with Gasteiger partial charge in [-0.1, -0.05) is 26.0 Å². The average molecular weight is 224 g/mol. The molecule has 3 N–H and O–H groups in total. The highest BCUT2D eigenvalue weighted by atomic mass is 19.1. The van der Waals surface area contributed by atoms with Gasteiger partial charge in [0.25, 0.3) is 0 Å². The molecule has 16 heavy (non-hydrogen) atoms. The summed E-state index contributed by atoms with van der Waals surface area (Å²) in [6.45, 7) is 7.28. The van der Waals surface area contributed by atoms with Gasteiger partial charge < -0.3 is 11.1 Å². The molecule has 90 valence electrons. The van der Waals surface area contributed by atoms with Crippen LogP contribution in [0.1, 0.15) is 25.0 Å². The molecular weight excluding hydrogens is 203 g/mol. The molecule has 1 atom stereocenters. The van der Waals surface area contributed by atoms with Gasteiger partial charge in [-0.15, -0.1) is 0 Å². The first-order valence-corrected chi connectivity index (χ1v) is 5.73. The third-order valence-electron chi connectivity index (χ3n) is 2.86. The van der Waals surface area contributed by atoms with E-state index in [0.717, 1.165) is 5.56 Å². The lowest BCUT2D eigenvalue weighted by Crippen LogP contribution is -2.39. The molecule has 0 fully saturated rings. The zero-order valence-corrected chi connectivity index (χ0v) is 10.3. The Morgan fingerprint density at radius 1 is 1.38 bits per heavy atom. The van der Waals surface area contributed by atoms with E-state index in [2.05, 4.69) is 19.2 Å². The Labute approximate surface area is 97.0 Å². The maximum Gasteiger partial charge on any atom is 0.126 e. The van der Waals surface area contributed by atoms with Crippen molar-refractivity contribution in [3.63, 3.8) is 0 Å². The maximum absolute atomic E-state index is 13.3. The van der Waals surface area contributed by atoms with Crippen LogP contribution in [0.4, 0.5) is 4.39 Å². The number of benzene rings is 1. The molecule has 0 aliphatic heterocycles. The Morgan fingerprint density at radius 2 is 2.06 bits per heavy atom. The quantitative estimate of drug-likeness (QED) is 0.804. The molecule has 3 heteroatoms. The molecule has 0 heterocycles. The molecule has 0 spiro atoms. The highest BCUT2D eigenvalue weighted by Crippen LogP contribution is 2.09. The van der Waals surface area contributed by atoms with E-state index in [9.17, 15) is 4.39 Å². The molecule has 0 aliphatic rings. The van der Waals surface area contributed by atoms with Gasteiger partial charge >= 0.3 is 0 Å². The van der Waals surface area contributed by atoms with Crippen LogP contribution in [0.3, 0.4) is 0 Å². The van der Waals surface area contributed by atoms with Gasteiger partial charge in [-0.2, -0.15) is 0 Å². The van der Waals surface area contributed by atoms with Crippen molar-refractivity contribution in [3.05, 3.63) is 35.1 Å². The zero-order valence-electron chi connectivity index (χ0n) is 10.3. The summed E-state index contributed by atoms with van der Waals surface area (Å²) in [4.78, 5) is 0. The number of nitrogens with two attached hydrogens (primary N) is 1. The van der Waals surface area contributed by atoms with Crippen molar-refractivity contribution in [3.8, 4) is 0 Å². The molecule has 0 saturated carbocycles. The number of aryl methyl sites for hydroxylation is 1. The van der Waals surface area contributed by atoms with Gasteiger partial charge in [0.2, 0.25) is 0 Å². The molecule has 0 radical (unpaired) electrons. The summed E-state index contributed by atoms with van der Waals surface area (Å²) in [5.41, 5.74) is 7.30. The van der Waals surface area contributed by atoms with Crippen molar-refractivity contribution in [2.75, 3.05) is 6.54 Å². The Balaban J connectivity index is 2.57. The standard InChI is InChI=1S/C13H21FN2/c1-9(2)13(7-15)16-8-11-5-4-10(3)12(14)6-11/h4-6,9,13,16H,7-8,15H2,1-3H3. The van der Waals surface area contributed by atoms with Crippen LogP contribution in [-0.2, 0) is 6.54 Å². The summed E-state index contributed by atoms with van der Waals surface area (Å²) in [6.07, 6.45) is 0. The first kappa shape index (κ1) is 13.1. The summed E-state index contributed by atoms with van der Waals surface area (Å²) in [7, 11) is 0. The largest absolute Gasteiger partial charge is 0.329 e. The second-order valence-corrected chi connectivity index (χ2v) is 4.55. The normalized spacial score (nSPS) is 13.1. The molecule has 2 nitrogen and oxygen atoms in total. The van der Waals surface area contributed by atoms with E-state index in [0.29, 0.717) is 24.6 Å². The van der Waals surface area contributed by atoms with Crippen LogP contribution >= 0.6 is 0 Å². The van der Waals surface area contributed by atoms with Gasteiger partial charge in [0, 0.05) is 19.1 Å². The second-order valence-electron chi connectivity index (χ2n) is 4.55. The van der Waals surface area contributed by atoms with E-state index in [4.69, 9.17) is 5.73 Å². The summed E-state index contributed by atoms with van der Waals surface area (Å²) < 4.78 is 13.3. The Morgan fingerprint density at radius 3 is 2.56 bits per heavy atom. The van der Waals surface area contributed by atoms with Crippen molar-refractivity contribution < 1.29 is 4.39 Å². The van der Waals surface area contributed by atoms with Crippen LogP contribution in [0, 0.1) is 18.7 Å². The van der Waals surface area contributed by atoms with Crippen LogP contribution in [0.5, 0.6) is 0 Å². The molecule has 0 amide bonds. The molecule has 0 saturated heterocycles. The second kappa shape index (κ2) is 5.97. The van der Waals surface area contributed by atoms with Gasteiger partial charge in [0.15, 0.2) is 0 Å². The Hall–Kier alpha value is -0.930. The monoisotopic (exact) mass is 224 g/mol. The van der Waals surface area contributed by atoms with Crippen LogP contribution in [0.2, 0.25) is 0 Å². The fourth-order valence-corrected chi connectivity index (χ4v) is 1.59. The van der Waals surface area contributed by atoms with E-state index in [1.807, 2.05) is 6.07 Å². The minimum absolute atomic E-state index is 0.145. The number of hydrogen-bond donors (Lipinski definition) is 2. The molecule has 1 aromatic carbocycles. The molecule has 0 bridgehead atoms. The van der Waals surface area contributed by atoms with Gasteiger partial charge in [0.1, 0.15) is 5.82 Å². The molecule has 1 rings (SSSR count). The van der Waals surface area contributed by atoms with E-state index in [1.165, 1.54) is 0 Å². The van der Waals surface area contributed by atoms with E-state index < -0.39 is 0 Å². The topological polar surface area (TPSA) is 38.0 Å². The maximum atomic E-state index is 13.3. The first-order chi connectivity index (χ1) is 7.54. The number of hydrogen-bond acceptors (Lipinski definition) is 2. The van der Waals surface area contributed by atoms with Crippen LogP contribution in [-0.4, -0.2) is 12.6 Å². The molecule has 0 aliphatic carbocycles. The lowest BCUT2D eigenvalue weighted by molar-refractivity contribution is 0.404. The molecule has 1 unspecified atom stereocenters. The van der Waals surface area contributed by atoms with Gasteiger partial charge in [0.05, 0.1) is 0 Å². The van der Waals surface area contributed by atoms with Crippen molar-refractivity contribution >= 4 is 0 Å². The molecular formula is C13H21FN2. The smallest absolute Gasteiger partial charge is 0.126 e.